The molecule has 5 aromatic carbocycles. The molecule has 0 radical (unpaired) electrons. The lowest BCUT2D eigenvalue weighted by atomic mass is 9.99. The topological polar surface area (TPSA) is 59.7 Å². The van der Waals surface area contributed by atoms with Crippen molar-refractivity contribution in [1.29, 1.82) is 0 Å². The molecule has 0 aliphatic carbocycles. The zero-order valence-electron chi connectivity index (χ0n) is 19.3. The summed E-state index contributed by atoms with van der Waals surface area (Å²) >= 11 is 0. The summed E-state index contributed by atoms with van der Waals surface area (Å²) < 4.78 is 12.0. The van der Waals surface area contributed by atoms with Crippen LogP contribution in [0.5, 0.6) is 5.75 Å². The second-order valence-corrected chi connectivity index (χ2v) is 8.63. The SMILES string of the molecule is O=C(O)C(Oc1ccc(-c2ccc(-c3cccc4c3oc3ccccc34)cc2)cc1)c1ccccc1. The first-order valence-electron chi connectivity index (χ1n) is 11.7. The van der Waals surface area contributed by atoms with Crippen molar-refractivity contribution < 1.29 is 19.1 Å². The minimum atomic E-state index is -1.06. The number of hydrogen-bond acceptors (Lipinski definition) is 3. The second-order valence-electron chi connectivity index (χ2n) is 8.63. The Morgan fingerprint density at radius 3 is 1.97 bits per heavy atom. The van der Waals surface area contributed by atoms with Gasteiger partial charge in [0.15, 0.2) is 0 Å². The summed E-state index contributed by atoms with van der Waals surface area (Å²) in [4.78, 5) is 11.7. The Balaban J connectivity index is 1.26. The van der Waals surface area contributed by atoms with E-state index in [1.165, 1.54) is 0 Å². The van der Waals surface area contributed by atoms with Gasteiger partial charge < -0.3 is 14.3 Å². The summed E-state index contributed by atoms with van der Waals surface area (Å²) in [6, 6.07) is 39.1. The number of furan rings is 1. The van der Waals surface area contributed by atoms with Gasteiger partial charge in [0.05, 0.1) is 0 Å². The molecule has 0 spiro atoms. The first-order chi connectivity index (χ1) is 17.7. The van der Waals surface area contributed by atoms with Crippen LogP contribution in [-0.2, 0) is 4.79 Å². The first-order valence-corrected chi connectivity index (χ1v) is 11.7. The van der Waals surface area contributed by atoms with Crippen molar-refractivity contribution in [2.24, 2.45) is 0 Å². The number of ether oxygens (including phenoxy) is 1. The highest BCUT2D eigenvalue weighted by Crippen LogP contribution is 2.36. The van der Waals surface area contributed by atoms with Crippen LogP contribution < -0.4 is 4.74 Å². The smallest absolute Gasteiger partial charge is 0.349 e. The molecule has 6 aromatic rings. The molecule has 0 aliphatic rings. The fourth-order valence-electron chi connectivity index (χ4n) is 4.57. The van der Waals surface area contributed by atoms with Crippen LogP contribution in [0.1, 0.15) is 11.7 Å². The minimum absolute atomic E-state index is 0.503. The van der Waals surface area contributed by atoms with Crippen LogP contribution in [0.2, 0.25) is 0 Å². The number of hydrogen-bond donors (Lipinski definition) is 1. The van der Waals surface area contributed by atoms with Crippen molar-refractivity contribution in [1.82, 2.24) is 0 Å². The van der Waals surface area contributed by atoms with Crippen LogP contribution in [-0.4, -0.2) is 11.1 Å². The molecule has 0 amide bonds. The van der Waals surface area contributed by atoms with Gasteiger partial charge in [-0.1, -0.05) is 103 Å². The molecule has 0 saturated heterocycles. The van der Waals surface area contributed by atoms with Crippen molar-refractivity contribution >= 4 is 27.9 Å². The maximum absolute atomic E-state index is 11.7. The maximum Gasteiger partial charge on any atom is 0.349 e. The van der Waals surface area contributed by atoms with Gasteiger partial charge in [-0.15, -0.1) is 0 Å². The number of carboxylic acids is 1. The van der Waals surface area contributed by atoms with Gasteiger partial charge in [0.1, 0.15) is 16.9 Å². The van der Waals surface area contributed by atoms with Crippen LogP contribution >= 0.6 is 0 Å². The summed E-state index contributed by atoms with van der Waals surface area (Å²) in [5.74, 6) is -0.525. The normalized spacial score (nSPS) is 12.0. The number of para-hydroxylation sites is 2. The van der Waals surface area contributed by atoms with Gasteiger partial charge in [-0.2, -0.15) is 0 Å². The van der Waals surface area contributed by atoms with E-state index in [4.69, 9.17) is 9.15 Å². The lowest BCUT2D eigenvalue weighted by Gasteiger charge is -2.15. The van der Waals surface area contributed by atoms with Gasteiger partial charge in [0.25, 0.3) is 0 Å². The van der Waals surface area contributed by atoms with Crippen LogP contribution in [0, 0.1) is 0 Å². The molecule has 1 atom stereocenters. The average Bonchev–Trinajstić information content (AvgIpc) is 3.31. The van der Waals surface area contributed by atoms with E-state index >= 15 is 0 Å². The number of carbonyl (C=O) groups is 1. The molecule has 0 bridgehead atoms. The first kappa shape index (κ1) is 21.7. The predicted octanol–water partition coefficient (Wildman–Crippen LogP) is 8.12. The number of carboxylic acid groups (broad SMARTS) is 1. The van der Waals surface area contributed by atoms with Crippen molar-refractivity contribution in [3.8, 4) is 28.0 Å². The Bertz CT molecular complexity index is 1660. The van der Waals surface area contributed by atoms with E-state index in [9.17, 15) is 9.90 Å². The fourth-order valence-corrected chi connectivity index (χ4v) is 4.57. The Hall–Kier alpha value is -4.83. The molecule has 0 fully saturated rings. The number of fused-ring (bicyclic) bond motifs is 3. The molecule has 1 heterocycles. The quantitative estimate of drug-likeness (QED) is 0.267. The number of aliphatic carboxylic acids is 1. The molecule has 1 unspecified atom stereocenters. The minimum Gasteiger partial charge on any atom is -0.478 e. The van der Waals surface area contributed by atoms with Crippen molar-refractivity contribution in [3.05, 3.63) is 127 Å². The third-order valence-electron chi connectivity index (χ3n) is 6.37. The largest absolute Gasteiger partial charge is 0.478 e. The van der Waals surface area contributed by atoms with E-state index in [-0.39, 0.29) is 0 Å². The van der Waals surface area contributed by atoms with Gasteiger partial charge in [-0.05, 0) is 34.9 Å². The summed E-state index contributed by atoms with van der Waals surface area (Å²) in [5.41, 5.74) is 6.58. The van der Waals surface area contributed by atoms with Crippen LogP contribution in [0.25, 0.3) is 44.2 Å². The highest BCUT2D eigenvalue weighted by atomic mass is 16.5. The third-order valence-corrected chi connectivity index (χ3v) is 6.37. The Morgan fingerprint density at radius 1 is 0.639 bits per heavy atom. The number of rotatable bonds is 6. The van der Waals surface area contributed by atoms with Gasteiger partial charge in [-0.25, -0.2) is 4.79 Å². The molecule has 4 heteroatoms. The molecule has 1 N–H and O–H groups in total. The van der Waals surface area contributed by atoms with Gasteiger partial charge >= 0.3 is 5.97 Å². The summed E-state index contributed by atoms with van der Waals surface area (Å²) in [6.07, 6.45) is -1.06. The molecule has 36 heavy (non-hydrogen) atoms. The summed E-state index contributed by atoms with van der Waals surface area (Å²) in [5, 5.41) is 11.8. The van der Waals surface area contributed by atoms with Gasteiger partial charge in [-0.3, -0.25) is 0 Å². The van der Waals surface area contributed by atoms with E-state index in [1.807, 2.05) is 36.4 Å². The second kappa shape index (κ2) is 9.08. The van der Waals surface area contributed by atoms with Crippen LogP contribution in [0.15, 0.2) is 126 Å². The predicted molar refractivity (Wildman–Crippen MR) is 142 cm³/mol. The number of benzene rings is 5. The lowest BCUT2D eigenvalue weighted by Crippen LogP contribution is -2.18. The Morgan fingerprint density at radius 2 is 1.25 bits per heavy atom. The summed E-state index contributed by atoms with van der Waals surface area (Å²) in [7, 11) is 0. The Labute approximate surface area is 208 Å². The molecular weight excluding hydrogens is 448 g/mol. The van der Waals surface area contributed by atoms with E-state index in [0.717, 1.165) is 44.2 Å². The van der Waals surface area contributed by atoms with E-state index in [0.29, 0.717) is 11.3 Å². The van der Waals surface area contributed by atoms with Crippen molar-refractivity contribution in [3.63, 3.8) is 0 Å². The molecular formula is C32H22O4. The van der Waals surface area contributed by atoms with Crippen molar-refractivity contribution in [2.75, 3.05) is 0 Å². The maximum atomic E-state index is 11.7. The average molecular weight is 471 g/mol. The van der Waals surface area contributed by atoms with E-state index < -0.39 is 12.1 Å². The molecule has 0 aliphatic heterocycles. The van der Waals surface area contributed by atoms with Crippen molar-refractivity contribution in [2.45, 2.75) is 6.10 Å². The fraction of sp³-hybridized carbons (Fsp3) is 0.0312. The standard InChI is InChI=1S/C32H22O4/c33-32(34)30(24-7-2-1-3-8-24)35-25-19-17-22(18-20-25)21-13-15-23(16-14-21)26-10-6-11-28-27-9-4-5-12-29(27)36-31(26)28/h1-20,30H,(H,33,34). The summed E-state index contributed by atoms with van der Waals surface area (Å²) in [6.45, 7) is 0. The Kier molecular flexibility index (Phi) is 5.47. The molecule has 0 saturated carbocycles. The zero-order chi connectivity index (χ0) is 24.5. The molecule has 174 valence electrons. The monoisotopic (exact) mass is 470 g/mol. The molecule has 6 rings (SSSR count). The zero-order valence-corrected chi connectivity index (χ0v) is 19.3. The van der Waals surface area contributed by atoms with Gasteiger partial charge in [0.2, 0.25) is 6.10 Å². The lowest BCUT2D eigenvalue weighted by molar-refractivity contribution is -0.145. The highest BCUT2D eigenvalue weighted by Gasteiger charge is 2.21. The highest BCUT2D eigenvalue weighted by molar-refractivity contribution is 6.09. The molecule has 4 nitrogen and oxygen atoms in total. The van der Waals surface area contributed by atoms with E-state index in [1.54, 1.807) is 36.4 Å². The third kappa shape index (κ3) is 3.99. The van der Waals surface area contributed by atoms with Crippen LogP contribution in [0.3, 0.4) is 0 Å². The van der Waals surface area contributed by atoms with Crippen LogP contribution in [0.4, 0.5) is 0 Å². The van der Waals surface area contributed by atoms with E-state index in [2.05, 4.69) is 48.5 Å². The molecule has 1 aromatic heterocycles. The van der Waals surface area contributed by atoms with Gasteiger partial charge in [0, 0.05) is 21.9 Å².